The second-order valence-electron chi connectivity index (χ2n) is 5.06. The molecule has 6 heteroatoms. The van der Waals surface area contributed by atoms with Crippen LogP contribution in [0.5, 0.6) is 0 Å². The molecular weight excluding hydrogens is 316 g/mol. The van der Waals surface area contributed by atoms with Gasteiger partial charge in [0, 0.05) is 6.42 Å². The molecule has 1 N–H and O–H groups in total. The molecule has 2 aromatic carbocycles. The second kappa shape index (κ2) is 5.85. The molecule has 5 nitrogen and oxygen atoms in total. The number of nitrogens with zero attached hydrogens (tertiary/aromatic N) is 1. The zero-order valence-corrected chi connectivity index (χ0v) is 13.1. The van der Waals surface area contributed by atoms with Crippen LogP contribution < -0.4 is 10.2 Å². The standard InChI is InChI=1S/C17H13ClN2O3/c1-2-15(21)19-14-8-7-10(9-13(14)18)20-16(22)11-5-3-4-6-12(11)17(20)23/h3-9H,2H2,1H3,(H,19,21). The van der Waals surface area contributed by atoms with E-state index < -0.39 is 0 Å². The van der Waals surface area contributed by atoms with E-state index in [4.69, 9.17) is 11.6 Å². The van der Waals surface area contributed by atoms with Crippen LogP contribution in [0.25, 0.3) is 0 Å². The highest BCUT2D eigenvalue weighted by Gasteiger charge is 2.36. The Hall–Kier alpha value is -2.66. The molecule has 0 fully saturated rings. The summed E-state index contributed by atoms with van der Waals surface area (Å²) in [6, 6.07) is 11.3. The largest absolute Gasteiger partial charge is 0.325 e. The highest BCUT2D eigenvalue weighted by atomic mass is 35.5. The molecule has 0 aliphatic carbocycles. The SMILES string of the molecule is CCC(=O)Nc1ccc(N2C(=O)c3ccccc3C2=O)cc1Cl. The van der Waals surface area contributed by atoms with E-state index in [1.165, 1.54) is 6.07 Å². The lowest BCUT2D eigenvalue weighted by Crippen LogP contribution is -2.29. The summed E-state index contributed by atoms with van der Waals surface area (Å²) in [4.78, 5) is 37.4. The Morgan fingerprint density at radius 2 is 1.70 bits per heavy atom. The first-order valence-electron chi connectivity index (χ1n) is 7.10. The van der Waals surface area contributed by atoms with Crippen LogP contribution in [0.1, 0.15) is 34.1 Å². The summed E-state index contributed by atoms with van der Waals surface area (Å²) in [5, 5.41) is 2.92. The molecule has 0 bridgehead atoms. The van der Waals surface area contributed by atoms with E-state index in [1.54, 1.807) is 43.3 Å². The molecule has 3 amide bonds. The molecule has 2 aromatic rings. The lowest BCUT2D eigenvalue weighted by Gasteiger charge is -2.15. The lowest BCUT2D eigenvalue weighted by atomic mass is 10.1. The first kappa shape index (κ1) is 15.2. The first-order valence-corrected chi connectivity index (χ1v) is 7.48. The summed E-state index contributed by atoms with van der Waals surface area (Å²) in [7, 11) is 0. The highest BCUT2D eigenvalue weighted by Crippen LogP contribution is 2.32. The minimum absolute atomic E-state index is 0.166. The van der Waals surface area contributed by atoms with E-state index in [0.29, 0.717) is 28.9 Å². The summed E-state index contributed by atoms with van der Waals surface area (Å²) < 4.78 is 0. The summed E-state index contributed by atoms with van der Waals surface area (Å²) >= 11 is 6.15. The van der Waals surface area contributed by atoms with Crippen LogP contribution in [0.15, 0.2) is 42.5 Å². The van der Waals surface area contributed by atoms with Gasteiger partial charge in [-0.3, -0.25) is 14.4 Å². The number of fused-ring (bicyclic) bond motifs is 1. The number of carbonyl (C=O) groups excluding carboxylic acids is 3. The Morgan fingerprint density at radius 1 is 1.09 bits per heavy atom. The molecule has 0 aromatic heterocycles. The van der Waals surface area contributed by atoms with Crippen molar-refractivity contribution < 1.29 is 14.4 Å². The van der Waals surface area contributed by atoms with Crippen LogP contribution >= 0.6 is 11.6 Å². The molecule has 1 heterocycles. The first-order chi connectivity index (χ1) is 11.0. The van der Waals surface area contributed by atoms with Gasteiger partial charge in [-0.1, -0.05) is 30.7 Å². The molecule has 0 saturated carbocycles. The highest BCUT2D eigenvalue weighted by molar-refractivity contribution is 6.36. The van der Waals surface area contributed by atoms with E-state index in [1.807, 2.05) is 0 Å². The number of imide groups is 1. The number of benzene rings is 2. The van der Waals surface area contributed by atoms with Crippen molar-refractivity contribution in [3.63, 3.8) is 0 Å². The van der Waals surface area contributed by atoms with Crippen molar-refractivity contribution in [3.05, 3.63) is 58.6 Å². The number of carbonyl (C=O) groups is 3. The molecule has 0 saturated heterocycles. The van der Waals surface area contributed by atoms with Gasteiger partial charge in [0.15, 0.2) is 0 Å². The predicted octanol–water partition coefficient (Wildman–Crippen LogP) is 3.49. The molecule has 1 aliphatic rings. The van der Waals surface area contributed by atoms with Crippen LogP contribution in [0.4, 0.5) is 11.4 Å². The number of halogens is 1. The zero-order chi connectivity index (χ0) is 16.6. The maximum Gasteiger partial charge on any atom is 0.266 e. The van der Waals surface area contributed by atoms with Gasteiger partial charge in [0.1, 0.15) is 0 Å². The number of nitrogens with one attached hydrogen (secondary N) is 1. The van der Waals surface area contributed by atoms with Crippen molar-refractivity contribution in [2.24, 2.45) is 0 Å². The van der Waals surface area contributed by atoms with Gasteiger partial charge in [0.25, 0.3) is 11.8 Å². The minimum atomic E-state index is -0.382. The summed E-state index contributed by atoms with van der Waals surface area (Å²) in [6.07, 6.45) is 0.330. The van der Waals surface area contributed by atoms with Crippen molar-refractivity contribution in [1.82, 2.24) is 0 Å². The van der Waals surface area contributed by atoms with Crippen LogP contribution in [0.3, 0.4) is 0 Å². The van der Waals surface area contributed by atoms with Gasteiger partial charge in [-0.25, -0.2) is 4.90 Å². The Labute approximate surface area is 137 Å². The van der Waals surface area contributed by atoms with Gasteiger partial charge >= 0.3 is 0 Å². The second-order valence-corrected chi connectivity index (χ2v) is 5.46. The van der Waals surface area contributed by atoms with Crippen LogP contribution in [-0.2, 0) is 4.79 Å². The van der Waals surface area contributed by atoms with Crippen molar-refractivity contribution in [3.8, 4) is 0 Å². The van der Waals surface area contributed by atoms with Gasteiger partial charge in [-0.2, -0.15) is 0 Å². The van der Waals surface area contributed by atoms with Gasteiger partial charge in [0.05, 0.1) is 27.5 Å². The van der Waals surface area contributed by atoms with E-state index in [0.717, 1.165) is 4.90 Å². The monoisotopic (exact) mass is 328 g/mol. The third-order valence-corrected chi connectivity index (χ3v) is 3.91. The van der Waals surface area contributed by atoms with Crippen molar-refractivity contribution in [1.29, 1.82) is 0 Å². The summed E-state index contributed by atoms with van der Waals surface area (Å²) in [6.45, 7) is 1.73. The summed E-state index contributed by atoms with van der Waals surface area (Å²) in [5.74, 6) is -0.931. The third-order valence-electron chi connectivity index (χ3n) is 3.60. The van der Waals surface area contributed by atoms with Gasteiger partial charge < -0.3 is 5.32 Å². The Kier molecular flexibility index (Phi) is 3.88. The number of hydrogen-bond donors (Lipinski definition) is 1. The zero-order valence-electron chi connectivity index (χ0n) is 12.3. The van der Waals surface area contributed by atoms with Crippen LogP contribution in [0, 0.1) is 0 Å². The third kappa shape index (κ3) is 2.59. The fraction of sp³-hybridized carbons (Fsp3) is 0.118. The quantitative estimate of drug-likeness (QED) is 0.877. The summed E-state index contributed by atoms with van der Waals surface area (Å²) in [5.41, 5.74) is 1.56. The average molecular weight is 329 g/mol. The number of hydrogen-bond acceptors (Lipinski definition) is 3. The molecular formula is C17H13ClN2O3. The topological polar surface area (TPSA) is 66.5 Å². The van der Waals surface area contributed by atoms with Crippen LogP contribution in [-0.4, -0.2) is 17.7 Å². The fourth-order valence-electron chi connectivity index (χ4n) is 2.41. The number of amides is 3. The van der Waals surface area contributed by atoms with E-state index in [9.17, 15) is 14.4 Å². The normalized spacial score (nSPS) is 13.2. The van der Waals surface area contributed by atoms with Crippen LogP contribution in [0.2, 0.25) is 5.02 Å². The molecule has 0 atom stereocenters. The predicted molar refractivity (Wildman–Crippen MR) is 88.0 cm³/mol. The molecule has 23 heavy (non-hydrogen) atoms. The molecule has 3 rings (SSSR count). The lowest BCUT2D eigenvalue weighted by molar-refractivity contribution is -0.115. The number of rotatable bonds is 3. The van der Waals surface area contributed by atoms with Gasteiger partial charge in [-0.05, 0) is 30.3 Å². The molecule has 116 valence electrons. The Bertz CT molecular complexity index is 797. The minimum Gasteiger partial charge on any atom is -0.325 e. The molecule has 1 aliphatic heterocycles. The maximum atomic E-state index is 12.4. The molecule has 0 spiro atoms. The van der Waals surface area contributed by atoms with Gasteiger partial charge in [-0.15, -0.1) is 0 Å². The van der Waals surface area contributed by atoms with E-state index in [2.05, 4.69) is 5.32 Å². The number of anilines is 2. The van der Waals surface area contributed by atoms with Gasteiger partial charge in [0.2, 0.25) is 5.91 Å². The molecule has 0 radical (unpaired) electrons. The maximum absolute atomic E-state index is 12.4. The smallest absolute Gasteiger partial charge is 0.266 e. The fourth-order valence-corrected chi connectivity index (χ4v) is 2.63. The van der Waals surface area contributed by atoms with Crippen molar-refractivity contribution in [2.75, 3.05) is 10.2 Å². The Morgan fingerprint density at radius 3 is 2.22 bits per heavy atom. The van der Waals surface area contributed by atoms with Crippen molar-refractivity contribution >= 4 is 40.7 Å². The average Bonchev–Trinajstić information content (AvgIpc) is 2.81. The van der Waals surface area contributed by atoms with E-state index in [-0.39, 0.29) is 22.7 Å². The Balaban J connectivity index is 1.95. The molecule has 0 unspecified atom stereocenters. The van der Waals surface area contributed by atoms with Crippen molar-refractivity contribution in [2.45, 2.75) is 13.3 Å². The van der Waals surface area contributed by atoms with E-state index >= 15 is 0 Å².